The van der Waals surface area contributed by atoms with E-state index < -0.39 is 76.0 Å². The molecule has 0 heterocycles. The van der Waals surface area contributed by atoms with Crippen molar-refractivity contribution in [2.24, 2.45) is 0 Å². The van der Waals surface area contributed by atoms with Crippen LogP contribution in [-0.4, -0.2) is 46.2 Å². The molecule has 0 aliphatic heterocycles. The van der Waals surface area contributed by atoms with Crippen LogP contribution in [0.25, 0.3) is 5.76 Å². The first-order chi connectivity index (χ1) is 14.4. The average Bonchev–Trinajstić information content (AvgIpc) is 2.64. The van der Waals surface area contributed by atoms with Crippen LogP contribution >= 0.6 is 0 Å². The van der Waals surface area contributed by atoms with E-state index in [1.165, 1.54) is 0 Å². The number of carbonyl (C=O) groups is 1. The standard InChI is InChI=1S/C16H5F15O2/c17-7-3-5(1-2-6(7)11(19,20)21)8(32)4-9(33)10(18)12(22,23)14(26,27)16(30,31)15(28,29)13(10,24)25/h1-4,32H/b8-4-. The molecule has 17 heteroatoms. The van der Waals surface area contributed by atoms with Gasteiger partial charge in [0.25, 0.3) is 0 Å². The third kappa shape index (κ3) is 3.09. The molecule has 2 nitrogen and oxygen atoms in total. The average molecular weight is 514 g/mol. The maximum absolute atomic E-state index is 14.5. The van der Waals surface area contributed by atoms with E-state index in [1.807, 2.05) is 0 Å². The molecule has 1 N–H and O–H groups in total. The van der Waals surface area contributed by atoms with Crippen LogP contribution in [0.4, 0.5) is 65.9 Å². The van der Waals surface area contributed by atoms with E-state index in [1.54, 1.807) is 0 Å². The van der Waals surface area contributed by atoms with Crippen molar-refractivity contribution in [2.75, 3.05) is 0 Å². The fourth-order valence-electron chi connectivity index (χ4n) is 2.74. The van der Waals surface area contributed by atoms with Crippen LogP contribution in [0.15, 0.2) is 24.3 Å². The van der Waals surface area contributed by atoms with E-state index in [0.29, 0.717) is 0 Å². The third-order valence-electron chi connectivity index (χ3n) is 4.62. The van der Waals surface area contributed by atoms with Gasteiger partial charge < -0.3 is 5.11 Å². The maximum atomic E-state index is 14.5. The number of allylic oxidation sites excluding steroid dienone is 1. The van der Waals surface area contributed by atoms with Gasteiger partial charge in [0.2, 0.25) is 5.78 Å². The minimum Gasteiger partial charge on any atom is -0.507 e. The highest BCUT2D eigenvalue weighted by atomic mass is 19.4. The highest BCUT2D eigenvalue weighted by Gasteiger charge is 3.02. The van der Waals surface area contributed by atoms with Gasteiger partial charge in [-0.05, 0) is 12.1 Å². The minimum absolute atomic E-state index is 0.0600. The van der Waals surface area contributed by atoms with E-state index in [2.05, 4.69) is 0 Å². The number of alkyl halides is 14. The number of ketones is 1. The van der Waals surface area contributed by atoms with Crippen LogP contribution in [0.1, 0.15) is 11.1 Å². The molecule has 1 aromatic rings. The SMILES string of the molecule is O=C(/C=C(\O)c1ccc(C(F)(F)F)c(F)c1)C1(F)C(F)(F)C(F)(F)C(F)(F)C(F)(F)C1(F)F. The van der Waals surface area contributed by atoms with Crippen LogP contribution in [-0.2, 0) is 11.0 Å². The predicted octanol–water partition coefficient (Wildman–Crippen LogP) is 6.21. The molecule has 2 rings (SSSR count). The van der Waals surface area contributed by atoms with Crippen LogP contribution in [0.3, 0.4) is 0 Å². The lowest BCUT2D eigenvalue weighted by Gasteiger charge is -2.51. The summed E-state index contributed by atoms with van der Waals surface area (Å²) >= 11 is 0. The van der Waals surface area contributed by atoms with Crippen LogP contribution < -0.4 is 0 Å². The zero-order valence-corrected chi connectivity index (χ0v) is 14.8. The van der Waals surface area contributed by atoms with Gasteiger partial charge in [-0.15, -0.1) is 0 Å². The van der Waals surface area contributed by atoms with Gasteiger partial charge in [0.05, 0.1) is 5.56 Å². The van der Waals surface area contributed by atoms with Crippen molar-refractivity contribution in [1.82, 2.24) is 0 Å². The van der Waals surface area contributed by atoms with Crippen LogP contribution in [0.2, 0.25) is 0 Å². The highest BCUT2D eigenvalue weighted by molar-refractivity contribution is 6.03. The number of aliphatic hydroxyl groups excluding tert-OH is 1. The van der Waals surface area contributed by atoms with Gasteiger partial charge >= 0.3 is 41.5 Å². The van der Waals surface area contributed by atoms with E-state index in [4.69, 9.17) is 0 Å². The maximum Gasteiger partial charge on any atom is 0.419 e. The molecule has 0 atom stereocenters. The van der Waals surface area contributed by atoms with Crippen LogP contribution in [0.5, 0.6) is 0 Å². The third-order valence-corrected chi connectivity index (χ3v) is 4.62. The van der Waals surface area contributed by atoms with E-state index in [0.717, 1.165) is 0 Å². The van der Waals surface area contributed by atoms with Gasteiger partial charge in [-0.3, -0.25) is 4.79 Å². The van der Waals surface area contributed by atoms with Crippen molar-refractivity contribution in [1.29, 1.82) is 0 Å². The number of halogens is 15. The number of carbonyl (C=O) groups excluding carboxylic acids is 1. The lowest BCUT2D eigenvalue weighted by molar-refractivity contribution is -0.475. The van der Waals surface area contributed by atoms with Gasteiger partial charge in [0.15, 0.2) is 0 Å². The number of benzene rings is 1. The van der Waals surface area contributed by atoms with Crippen molar-refractivity contribution >= 4 is 11.5 Å². The second kappa shape index (κ2) is 6.94. The van der Waals surface area contributed by atoms with Crippen molar-refractivity contribution in [2.45, 2.75) is 41.5 Å². The largest absolute Gasteiger partial charge is 0.507 e. The molecule has 1 aliphatic rings. The van der Waals surface area contributed by atoms with E-state index >= 15 is 0 Å². The van der Waals surface area contributed by atoms with Gasteiger partial charge in [0.1, 0.15) is 11.6 Å². The Morgan fingerprint density at radius 2 is 1.15 bits per heavy atom. The second-order valence-electron chi connectivity index (χ2n) is 6.62. The number of aliphatic hydroxyl groups is 1. The molecule has 1 fully saturated rings. The molecule has 1 aromatic carbocycles. The highest BCUT2D eigenvalue weighted by Crippen LogP contribution is 2.69. The monoisotopic (exact) mass is 514 g/mol. The van der Waals surface area contributed by atoms with Crippen molar-refractivity contribution in [3.05, 3.63) is 41.2 Å². The van der Waals surface area contributed by atoms with Crippen molar-refractivity contribution < 1.29 is 75.8 Å². The first-order valence-electron chi connectivity index (χ1n) is 7.83. The fourth-order valence-corrected chi connectivity index (χ4v) is 2.74. The second-order valence-corrected chi connectivity index (χ2v) is 6.62. The van der Waals surface area contributed by atoms with Gasteiger partial charge in [-0.1, -0.05) is 6.07 Å². The smallest absolute Gasteiger partial charge is 0.419 e. The summed E-state index contributed by atoms with van der Waals surface area (Å²) in [6.07, 6.45) is -6.53. The Bertz CT molecular complexity index is 976. The molecule has 0 radical (unpaired) electrons. The molecule has 0 amide bonds. The summed E-state index contributed by atoms with van der Waals surface area (Å²) in [6, 6.07) is -0.400. The normalized spacial score (nSPS) is 24.9. The summed E-state index contributed by atoms with van der Waals surface area (Å²) in [5.41, 5.74) is -10.5. The Morgan fingerprint density at radius 3 is 1.52 bits per heavy atom. The number of hydrogen-bond acceptors (Lipinski definition) is 2. The van der Waals surface area contributed by atoms with Gasteiger partial charge in [-0.2, -0.15) is 57.1 Å². The first-order valence-corrected chi connectivity index (χ1v) is 7.83. The lowest BCUT2D eigenvalue weighted by Crippen LogP contribution is -2.85. The molecule has 0 bridgehead atoms. The Morgan fingerprint density at radius 1 is 0.758 bits per heavy atom. The van der Waals surface area contributed by atoms with Gasteiger partial charge in [0, 0.05) is 11.6 Å². The van der Waals surface area contributed by atoms with E-state index in [-0.39, 0.29) is 18.2 Å². The summed E-state index contributed by atoms with van der Waals surface area (Å²) < 4.78 is 200. The summed E-state index contributed by atoms with van der Waals surface area (Å²) in [6.45, 7) is 0. The van der Waals surface area contributed by atoms with Crippen LogP contribution in [0, 0.1) is 5.82 Å². The van der Waals surface area contributed by atoms with Gasteiger partial charge in [-0.25, -0.2) is 8.78 Å². The first kappa shape index (κ1) is 26.6. The zero-order chi connectivity index (χ0) is 26.2. The Labute approximate surface area is 171 Å². The quantitative estimate of drug-likeness (QED) is 0.296. The summed E-state index contributed by atoms with van der Waals surface area (Å²) in [7, 11) is 0. The van der Waals surface area contributed by atoms with Crippen molar-refractivity contribution in [3.63, 3.8) is 0 Å². The topological polar surface area (TPSA) is 37.3 Å². The molecular formula is C16H5F15O2. The Balaban J connectivity index is 2.68. The number of hydrogen-bond donors (Lipinski definition) is 1. The molecule has 1 saturated carbocycles. The molecule has 0 spiro atoms. The zero-order valence-electron chi connectivity index (χ0n) is 14.8. The van der Waals surface area contributed by atoms with E-state index in [9.17, 15) is 75.8 Å². The summed E-state index contributed by atoms with van der Waals surface area (Å²) in [4.78, 5) is 11.7. The summed E-state index contributed by atoms with van der Waals surface area (Å²) in [5.74, 6) is -46.0. The minimum atomic E-state index is -7.58. The molecular weight excluding hydrogens is 509 g/mol. The summed E-state index contributed by atoms with van der Waals surface area (Å²) in [5, 5.41) is 9.47. The molecule has 186 valence electrons. The number of rotatable bonds is 3. The predicted molar refractivity (Wildman–Crippen MR) is 75.6 cm³/mol. The lowest BCUT2D eigenvalue weighted by atomic mass is 9.70. The molecule has 0 aromatic heterocycles. The molecule has 0 saturated heterocycles. The molecule has 33 heavy (non-hydrogen) atoms. The fraction of sp³-hybridized carbons (Fsp3) is 0.438. The Hall–Kier alpha value is -2.62. The molecule has 0 unspecified atom stereocenters. The van der Waals surface area contributed by atoms with Crippen molar-refractivity contribution in [3.8, 4) is 0 Å². The Kier molecular flexibility index (Phi) is 5.60. The molecule has 1 aliphatic carbocycles.